The van der Waals surface area contributed by atoms with E-state index in [1.54, 1.807) is 4.90 Å². The van der Waals surface area contributed by atoms with Gasteiger partial charge in [0.1, 0.15) is 6.17 Å². The summed E-state index contributed by atoms with van der Waals surface area (Å²) in [6.45, 7) is 8.09. The Hall–Kier alpha value is -2.54. The smallest absolute Gasteiger partial charge is 0.237 e. The van der Waals surface area contributed by atoms with E-state index in [4.69, 9.17) is 0 Å². The van der Waals surface area contributed by atoms with Crippen LogP contribution in [-0.2, 0) is 4.79 Å². The van der Waals surface area contributed by atoms with Crippen LogP contribution in [0.25, 0.3) is 10.9 Å². The van der Waals surface area contributed by atoms with Crippen LogP contribution in [0.15, 0.2) is 35.5 Å². The number of aromatic nitrogens is 1. The van der Waals surface area contributed by atoms with Gasteiger partial charge in [-0.05, 0) is 43.8 Å². The number of halogens is 1. The number of benzene rings is 1. The molecule has 0 aliphatic carbocycles. The molecule has 7 heteroatoms. The van der Waals surface area contributed by atoms with Gasteiger partial charge in [0.2, 0.25) is 5.91 Å². The van der Waals surface area contributed by atoms with E-state index in [1.165, 1.54) is 0 Å². The third kappa shape index (κ3) is 4.40. The van der Waals surface area contributed by atoms with Crippen molar-refractivity contribution < 1.29 is 9.18 Å². The van der Waals surface area contributed by atoms with Gasteiger partial charge >= 0.3 is 0 Å². The van der Waals surface area contributed by atoms with Crippen LogP contribution in [0.4, 0.5) is 10.1 Å². The highest BCUT2D eigenvalue weighted by molar-refractivity contribution is 5.91. The maximum atomic E-state index is 13.8. The molecule has 6 nitrogen and oxygen atoms in total. The van der Waals surface area contributed by atoms with Crippen molar-refractivity contribution in [3.8, 4) is 0 Å². The molecule has 3 atom stereocenters. The number of carbonyl (C=O) groups excluding carboxylic acids is 1. The summed E-state index contributed by atoms with van der Waals surface area (Å²) >= 11 is 0. The number of fused-ring (bicyclic) bond motifs is 1. The van der Waals surface area contributed by atoms with E-state index in [-0.39, 0.29) is 24.5 Å². The number of rotatable bonds is 6. The fourth-order valence-corrected chi connectivity index (χ4v) is 4.46. The second kappa shape index (κ2) is 8.45. The van der Waals surface area contributed by atoms with Crippen LogP contribution in [0.2, 0.25) is 0 Å². The Morgan fingerprint density at radius 3 is 3.10 bits per heavy atom. The number of pyridine rings is 1. The lowest BCUT2D eigenvalue weighted by molar-refractivity contribution is -0.133. The fourth-order valence-electron chi connectivity index (χ4n) is 4.46. The van der Waals surface area contributed by atoms with Gasteiger partial charge in [-0.25, -0.2) is 4.39 Å². The molecule has 29 heavy (non-hydrogen) atoms. The van der Waals surface area contributed by atoms with Gasteiger partial charge in [0.25, 0.3) is 0 Å². The van der Waals surface area contributed by atoms with Gasteiger partial charge in [0.05, 0.1) is 31.2 Å². The average Bonchev–Trinajstić information content (AvgIpc) is 3.28. The van der Waals surface area contributed by atoms with Crippen LogP contribution < -0.4 is 5.32 Å². The molecule has 2 aliphatic rings. The van der Waals surface area contributed by atoms with Gasteiger partial charge < -0.3 is 10.2 Å². The maximum Gasteiger partial charge on any atom is 0.237 e. The van der Waals surface area contributed by atoms with Crippen molar-refractivity contribution in [2.75, 3.05) is 38.0 Å². The molecule has 1 N–H and O–H groups in total. The maximum absolute atomic E-state index is 13.8. The summed E-state index contributed by atoms with van der Waals surface area (Å²) in [4.78, 5) is 24.9. The first kappa shape index (κ1) is 19.8. The highest BCUT2D eigenvalue weighted by atomic mass is 19.1. The third-order valence-electron chi connectivity index (χ3n) is 5.88. The van der Waals surface area contributed by atoms with Crippen LogP contribution in [-0.4, -0.2) is 78.4 Å². The molecule has 4 rings (SSSR count). The molecule has 0 bridgehead atoms. The van der Waals surface area contributed by atoms with Gasteiger partial charge in [-0.1, -0.05) is 6.07 Å². The predicted octanol–water partition coefficient (Wildman–Crippen LogP) is 2.67. The molecular formula is C22H28FN5O. The number of hydrogen-bond acceptors (Lipinski definition) is 5. The number of carbonyl (C=O) groups is 1. The predicted molar refractivity (Wildman–Crippen MR) is 114 cm³/mol. The van der Waals surface area contributed by atoms with Gasteiger partial charge in [-0.2, -0.15) is 0 Å². The van der Waals surface area contributed by atoms with Crippen molar-refractivity contribution in [3.63, 3.8) is 0 Å². The second-order valence-corrected chi connectivity index (χ2v) is 8.19. The van der Waals surface area contributed by atoms with Crippen LogP contribution >= 0.6 is 0 Å². The largest absolute Gasteiger partial charge is 0.380 e. The molecule has 2 saturated heterocycles. The molecule has 0 saturated carbocycles. The second-order valence-electron chi connectivity index (χ2n) is 8.19. The van der Waals surface area contributed by atoms with Crippen LogP contribution in [0.5, 0.6) is 0 Å². The lowest BCUT2D eigenvalue weighted by Crippen LogP contribution is -2.43. The standard InChI is InChI=1S/C22H28FN5O/c1-15-8-19-20(25-10-15)4-3-5-21(19)26-17-6-7-27(13-17)14-22(29)28-12-16(23)9-18(28)11-24-2/h3-5,8,10,16-18,26H,2,6-7,9,11-14H2,1H3/t16-,17+,18-/m0/s1. The first-order valence-corrected chi connectivity index (χ1v) is 10.2. The lowest BCUT2D eigenvalue weighted by Gasteiger charge is -2.26. The number of amides is 1. The average molecular weight is 397 g/mol. The zero-order valence-electron chi connectivity index (χ0n) is 16.9. The number of aryl methyl sites for hydroxylation is 1. The minimum absolute atomic E-state index is 0.00978. The molecule has 1 aromatic heterocycles. The van der Waals surface area contributed by atoms with Crippen LogP contribution in [0, 0.1) is 6.92 Å². The Kier molecular flexibility index (Phi) is 5.76. The highest BCUT2D eigenvalue weighted by Crippen LogP contribution is 2.26. The number of hydrogen-bond donors (Lipinski definition) is 1. The molecule has 1 amide bonds. The van der Waals surface area contributed by atoms with Crippen molar-refractivity contribution in [3.05, 3.63) is 36.0 Å². The van der Waals surface area contributed by atoms with Crippen LogP contribution in [0.1, 0.15) is 18.4 Å². The fraction of sp³-hybridized carbons (Fsp3) is 0.500. The third-order valence-corrected chi connectivity index (χ3v) is 5.88. The van der Waals surface area contributed by atoms with Crippen molar-refractivity contribution in [2.45, 2.75) is 38.0 Å². The summed E-state index contributed by atoms with van der Waals surface area (Å²) in [5.74, 6) is -0.00978. The molecule has 0 spiro atoms. The molecule has 1 aromatic carbocycles. The molecule has 0 radical (unpaired) electrons. The molecule has 154 valence electrons. The van der Waals surface area contributed by atoms with Gasteiger partial charge in [-0.15, -0.1) is 0 Å². The van der Waals surface area contributed by atoms with Gasteiger partial charge in [0, 0.05) is 42.8 Å². The first-order chi connectivity index (χ1) is 14.0. The molecule has 2 fully saturated rings. The summed E-state index contributed by atoms with van der Waals surface area (Å²) in [6, 6.07) is 8.37. The Morgan fingerprint density at radius 2 is 2.28 bits per heavy atom. The minimum Gasteiger partial charge on any atom is -0.380 e. The molecule has 3 heterocycles. The summed E-state index contributed by atoms with van der Waals surface area (Å²) in [5.41, 5.74) is 3.18. The number of nitrogens with one attached hydrogen (secondary N) is 1. The number of likely N-dealkylation sites (tertiary alicyclic amines) is 2. The van der Waals surface area contributed by atoms with E-state index in [2.05, 4.69) is 39.0 Å². The van der Waals surface area contributed by atoms with E-state index in [0.717, 1.165) is 41.7 Å². The Labute approximate surface area is 170 Å². The molecule has 2 aliphatic heterocycles. The number of anilines is 1. The Balaban J connectivity index is 1.37. The zero-order valence-corrected chi connectivity index (χ0v) is 16.9. The Bertz CT molecular complexity index is 904. The molecule has 2 aromatic rings. The summed E-state index contributed by atoms with van der Waals surface area (Å²) in [5, 5.41) is 4.75. The number of alkyl halides is 1. The van der Waals surface area contributed by atoms with E-state index in [0.29, 0.717) is 19.5 Å². The van der Waals surface area contributed by atoms with Gasteiger partial charge in [0.15, 0.2) is 0 Å². The normalized spacial score (nSPS) is 24.9. The molecule has 0 unspecified atom stereocenters. The van der Waals surface area contributed by atoms with Crippen molar-refractivity contribution in [1.82, 2.24) is 14.8 Å². The quantitative estimate of drug-likeness (QED) is 0.762. The van der Waals surface area contributed by atoms with Crippen molar-refractivity contribution in [2.24, 2.45) is 4.99 Å². The highest BCUT2D eigenvalue weighted by Gasteiger charge is 2.36. The van der Waals surface area contributed by atoms with E-state index in [1.807, 2.05) is 25.3 Å². The lowest BCUT2D eigenvalue weighted by atomic mass is 10.1. The Morgan fingerprint density at radius 1 is 1.41 bits per heavy atom. The topological polar surface area (TPSA) is 60.8 Å². The van der Waals surface area contributed by atoms with Gasteiger partial charge in [-0.3, -0.25) is 19.7 Å². The SMILES string of the molecule is C=NC[C@@H]1C[C@H](F)CN1C(=O)CN1CC[C@@H](Nc2cccc3ncc(C)cc23)C1. The van der Waals surface area contributed by atoms with Crippen molar-refractivity contribution in [1.29, 1.82) is 0 Å². The first-order valence-electron chi connectivity index (χ1n) is 10.2. The zero-order chi connectivity index (χ0) is 20.4. The minimum atomic E-state index is -0.956. The van der Waals surface area contributed by atoms with E-state index < -0.39 is 6.17 Å². The summed E-state index contributed by atoms with van der Waals surface area (Å²) in [7, 11) is 0. The molecular weight excluding hydrogens is 369 g/mol. The number of nitrogens with zero attached hydrogens (tertiary/aromatic N) is 4. The summed E-state index contributed by atoms with van der Waals surface area (Å²) in [6.07, 6.45) is 2.25. The van der Waals surface area contributed by atoms with E-state index >= 15 is 0 Å². The van der Waals surface area contributed by atoms with Crippen molar-refractivity contribution >= 4 is 29.2 Å². The van der Waals surface area contributed by atoms with E-state index in [9.17, 15) is 9.18 Å². The summed E-state index contributed by atoms with van der Waals surface area (Å²) < 4.78 is 13.8. The monoisotopic (exact) mass is 397 g/mol. The van der Waals surface area contributed by atoms with Crippen LogP contribution in [0.3, 0.4) is 0 Å². The number of aliphatic imine (C=N–C) groups is 1.